The number of amides is 1. The molecule has 1 aromatic heterocycles. The molecule has 0 aliphatic carbocycles. The zero-order valence-corrected chi connectivity index (χ0v) is 15.9. The number of carbonyl (C=O) groups excluding carboxylic acids is 1. The molecule has 1 amide bonds. The lowest BCUT2D eigenvalue weighted by Gasteiger charge is -2.25. The van der Waals surface area contributed by atoms with Gasteiger partial charge in [0.15, 0.2) is 11.5 Å². The maximum atomic E-state index is 12.6. The van der Waals surface area contributed by atoms with Crippen molar-refractivity contribution < 1.29 is 24.2 Å². The van der Waals surface area contributed by atoms with Crippen molar-refractivity contribution in [2.75, 3.05) is 11.9 Å². The third-order valence-electron chi connectivity index (χ3n) is 4.17. The zero-order chi connectivity index (χ0) is 19.7. The fraction of sp³-hybridized carbons (Fsp3) is 0.100. The van der Waals surface area contributed by atoms with Gasteiger partial charge in [0.1, 0.15) is 12.2 Å². The van der Waals surface area contributed by atoms with E-state index in [-0.39, 0.29) is 17.9 Å². The highest BCUT2D eigenvalue weighted by atomic mass is 35.5. The molecule has 8 heteroatoms. The second-order valence-corrected chi connectivity index (χ2v) is 7.34. The Morgan fingerprint density at radius 3 is 2.54 bits per heavy atom. The highest BCUT2D eigenvalue weighted by Crippen LogP contribution is 2.37. The van der Waals surface area contributed by atoms with Gasteiger partial charge in [0.05, 0.1) is 10.6 Å². The summed E-state index contributed by atoms with van der Waals surface area (Å²) in [5.41, 5.74) is 0.950. The number of rotatable bonds is 4. The Labute approximate surface area is 169 Å². The van der Waals surface area contributed by atoms with Crippen LogP contribution in [0.2, 0.25) is 5.02 Å². The van der Waals surface area contributed by atoms with Gasteiger partial charge < -0.3 is 19.9 Å². The lowest BCUT2D eigenvalue weighted by molar-refractivity contribution is -0.125. The molecule has 0 spiro atoms. The number of halogens is 1. The fourth-order valence-electron chi connectivity index (χ4n) is 2.84. The van der Waals surface area contributed by atoms with E-state index in [0.29, 0.717) is 27.0 Å². The quantitative estimate of drug-likeness (QED) is 0.653. The van der Waals surface area contributed by atoms with E-state index in [9.17, 15) is 14.7 Å². The summed E-state index contributed by atoms with van der Waals surface area (Å²) < 4.78 is 11.2. The van der Waals surface area contributed by atoms with Gasteiger partial charge in [0.25, 0.3) is 5.91 Å². The monoisotopic (exact) mass is 415 g/mol. The number of carboxylic acid groups (broad SMARTS) is 1. The standard InChI is InChI=1S/C20H14ClNO5S/c21-12-7-5-11(6-8-12)18-17(20(24)25)13(10-28-18)22-19(23)16-9-26-14-3-1-2-4-15(14)27-16/h1-8,10,16H,9H2,(H,22,23)(H,24,25). The summed E-state index contributed by atoms with van der Waals surface area (Å²) >= 11 is 7.13. The molecule has 1 aliphatic heterocycles. The van der Waals surface area contributed by atoms with E-state index < -0.39 is 18.0 Å². The molecule has 4 rings (SSSR count). The minimum atomic E-state index is -1.13. The number of para-hydroxylation sites is 2. The van der Waals surface area contributed by atoms with Crippen LogP contribution in [0.4, 0.5) is 5.69 Å². The second-order valence-electron chi connectivity index (χ2n) is 6.02. The molecule has 3 aromatic rings. The number of benzene rings is 2. The third kappa shape index (κ3) is 3.54. The van der Waals surface area contributed by atoms with Gasteiger partial charge in [-0.15, -0.1) is 11.3 Å². The summed E-state index contributed by atoms with van der Waals surface area (Å²) in [4.78, 5) is 25.0. The van der Waals surface area contributed by atoms with Crippen LogP contribution >= 0.6 is 22.9 Å². The Balaban J connectivity index is 1.57. The van der Waals surface area contributed by atoms with E-state index in [1.165, 1.54) is 11.3 Å². The van der Waals surface area contributed by atoms with Crippen LogP contribution in [0.1, 0.15) is 10.4 Å². The minimum Gasteiger partial charge on any atom is -0.485 e. The number of aromatic carboxylic acids is 1. The SMILES string of the molecule is O=C(O)c1c(NC(=O)C2COc3ccccc3O2)csc1-c1ccc(Cl)cc1. The molecule has 1 atom stereocenters. The van der Waals surface area contributed by atoms with Crippen LogP contribution in [0.25, 0.3) is 10.4 Å². The average Bonchev–Trinajstić information content (AvgIpc) is 3.12. The summed E-state index contributed by atoms with van der Waals surface area (Å²) in [5, 5.41) is 14.5. The molecule has 0 bridgehead atoms. The number of hydrogen-bond donors (Lipinski definition) is 2. The summed E-state index contributed by atoms with van der Waals surface area (Å²) in [6.45, 7) is 0.0411. The molecule has 0 saturated heterocycles. The number of nitrogens with one attached hydrogen (secondary N) is 1. The lowest BCUT2D eigenvalue weighted by atomic mass is 10.1. The smallest absolute Gasteiger partial charge is 0.339 e. The Kier molecular flexibility index (Phi) is 4.93. The Hall–Kier alpha value is -3.03. The van der Waals surface area contributed by atoms with E-state index in [0.717, 1.165) is 0 Å². The van der Waals surface area contributed by atoms with E-state index in [2.05, 4.69) is 5.32 Å². The number of thiophene rings is 1. The van der Waals surface area contributed by atoms with E-state index >= 15 is 0 Å². The lowest BCUT2D eigenvalue weighted by Crippen LogP contribution is -2.40. The van der Waals surface area contributed by atoms with Crippen molar-refractivity contribution in [1.82, 2.24) is 0 Å². The molecule has 0 radical (unpaired) electrons. The van der Waals surface area contributed by atoms with Gasteiger partial charge in [-0.1, -0.05) is 35.9 Å². The van der Waals surface area contributed by atoms with Crippen LogP contribution in [0.5, 0.6) is 11.5 Å². The Bertz CT molecular complexity index is 1050. The van der Waals surface area contributed by atoms with E-state index in [1.807, 2.05) is 6.07 Å². The van der Waals surface area contributed by atoms with Crippen LogP contribution in [-0.2, 0) is 4.79 Å². The molecule has 6 nitrogen and oxygen atoms in total. The Morgan fingerprint density at radius 2 is 1.82 bits per heavy atom. The van der Waals surface area contributed by atoms with Crippen LogP contribution < -0.4 is 14.8 Å². The third-order valence-corrected chi connectivity index (χ3v) is 5.45. The van der Waals surface area contributed by atoms with Crippen molar-refractivity contribution in [2.45, 2.75) is 6.10 Å². The highest BCUT2D eigenvalue weighted by Gasteiger charge is 2.29. The predicted octanol–water partition coefficient (Wildman–Crippen LogP) is 4.55. The average molecular weight is 416 g/mol. The first-order chi connectivity index (χ1) is 13.5. The number of carbonyl (C=O) groups is 2. The van der Waals surface area contributed by atoms with Gasteiger partial charge >= 0.3 is 5.97 Å². The van der Waals surface area contributed by atoms with Crippen molar-refractivity contribution >= 4 is 40.5 Å². The molecular weight excluding hydrogens is 402 g/mol. The molecule has 2 N–H and O–H groups in total. The summed E-state index contributed by atoms with van der Waals surface area (Å²) in [6.07, 6.45) is -0.879. The summed E-state index contributed by atoms with van der Waals surface area (Å²) in [6, 6.07) is 13.9. The fourth-order valence-corrected chi connectivity index (χ4v) is 3.96. The van der Waals surface area contributed by atoms with Crippen molar-refractivity contribution in [3.05, 3.63) is 64.5 Å². The summed E-state index contributed by atoms with van der Waals surface area (Å²) in [5.74, 6) is -0.567. The molecule has 1 aliphatic rings. The van der Waals surface area contributed by atoms with Crippen LogP contribution in [0.15, 0.2) is 53.9 Å². The van der Waals surface area contributed by atoms with Gasteiger partial charge in [0.2, 0.25) is 6.10 Å². The first kappa shape index (κ1) is 18.3. The molecule has 2 aromatic carbocycles. The maximum absolute atomic E-state index is 12.6. The van der Waals surface area contributed by atoms with E-state index in [1.54, 1.807) is 47.8 Å². The van der Waals surface area contributed by atoms with Crippen molar-refractivity contribution in [1.29, 1.82) is 0 Å². The number of ether oxygens (including phenoxy) is 2. The highest BCUT2D eigenvalue weighted by molar-refractivity contribution is 7.14. The van der Waals surface area contributed by atoms with Crippen LogP contribution in [-0.4, -0.2) is 29.7 Å². The molecule has 2 heterocycles. The second kappa shape index (κ2) is 7.53. The number of anilines is 1. The zero-order valence-electron chi connectivity index (χ0n) is 14.3. The molecular formula is C20H14ClNO5S. The van der Waals surface area contributed by atoms with Crippen molar-refractivity contribution in [3.63, 3.8) is 0 Å². The van der Waals surface area contributed by atoms with Gasteiger partial charge in [-0.2, -0.15) is 0 Å². The Morgan fingerprint density at radius 1 is 1.11 bits per heavy atom. The van der Waals surface area contributed by atoms with Gasteiger partial charge in [-0.3, -0.25) is 4.79 Å². The minimum absolute atomic E-state index is 0.0257. The van der Waals surface area contributed by atoms with Gasteiger partial charge in [-0.25, -0.2) is 4.79 Å². The van der Waals surface area contributed by atoms with Crippen molar-refractivity contribution in [3.8, 4) is 21.9 Å². The van der Waals surface area contributed by atoms with E-state index in [4.69, 9.17) is 21.1 Å². The van der Waals surface area contributed by atoms with Gasteiger partial charge in [-0.05, 0) is 29.8 Å². The molecule has 0 fully saturated rings. The molecule has 1 unspecified atom stereocenters. The van der Waals surface area contributed by atoms with Gasteiger partial charge in [0, 0.05) is 10.4 Å². The molecule has 28 heavy (non-hydrogen) atoms. The number of carboxylic acids is 1. The molecule has 142 valence electrons. The van der Waals surface area contributed by atoms with Crippen LogP contribution in [0.3, 0.4) is 0 Å². The largest absolute Gasteiger partial charge is 0.485 e. The first-order valence-corrected chi connectivity index (χ1v) is 9.59. The summed E-state index contributed by atoms with van der Waals surface area (Å²) in [7, 11) is 0. The maximum Gasteiger partial charge on any atom is 0.339 e. The predicted molar refractivity (Wildman–Crippen MR) is 107 cm³/mol. The number of fused-ring (bicyclic) bond motifs is 1. The van der Waals surface area contributed by atoms with Crippen molar-refractivity contribution in [2.24, 2.45) is 0 Å². The number of hydrogen-bond acceptors (Lipinski definition) is 5. The molecule has 0 saturated carbocycles. The normalized spacial score (nSPS) is 15.1. The van der Waals surface area contributed by atoms with Crippen LogP contribution in [0, 0.1) is 0 Å². The topological polar surface area (TPSA) is 84.9 Å². The first-order valence-electron chi connectivity index (χ1n) is 8.33.